The average Bonchev–Trinajstić information content (AvgIpc) is 3.76. The number of carbonyl (C=O) groups excluding carboxylic acids is 2. The second-order valence-corrected chi connectivity index (χ2v) is 18.6. The van der Waals surface area contributed by atoms with E-state index in [1.54, 1.807) is 19.2 Å². The number of hydrogen-bond donors (Lipinski definition) is 3. The van der Waals surface area contributed by atoms with Crippen LogP contribution in [0.5, 0.6) is 40.2 Å². The van der Waals surface area contributed by atoms with Crippen molar-refractivity contribution < 1.29 is 48.2 Å². The van der Waals surface area contributed by atoms with Crippen molar-refractivity contribution in [2.75, 3.05) is 46.5 Å². The molecule has 2 saturated heterocycles. The zero-order chi connectivity index (χ0) is 44.3. The van der Waals surface area contributed by atoms with Gasteiger partial charge in [0, 0.05) is 59.6 Å². The number of phenols is 2. The number of hydrogen-bond acceptors (Lipinski definition) is 15. The molecule has 3 N–H and O–H groups in total. The SMILES string of the molecule is C=CCN1[C@@H]2c3c(cc(C)c(OC)c3O)C[C@@H]1[C@H](C#N)N1C2[C@@H]2SC[C@]3(NCCc4cc(O)c(OC)cc43)C(=O)OC[C@@H]1c1c3c(c(C)c(OC(=O)CCCCCCC)c12)OCO3. The number of nitrogens with zero attached hydrogens (tertiary/aromatic N) is 3. The van der Waals surface area contributed by atoms with Gasteiger partial charge in [0.25, 0.3) is 0 Å². The van der Waals surface area contributed by atoms with Crippen LogP contribution in [0.4, 0.5) is 0 Å². The van der Waals surface area contributed by atoms with Crippen molar-refractivity contribution in [1.82, 2.24) is 15.1 Å². The molecule has 15 heteroatoms. The van der Waals surface area contributed by atoms with Crippen molar-refractivity contribution in [3.8, 4) is 46.3 Å². The van der Waals surface area contributed by atoms with Gasteiger partial charge >= 0.3 is 11.9 Å². The summed E-state index contributed by atoms with van der Waals surface area (Å²) in [5.41, 5.74) is 4.42. The van der Waals surface area contributed by atoms with Crippen LogP contribution in [-0.2, 0) is 32.7 Å². The molecule has 0 radical (unpaired) electrons. The van der Waals surface area contributed by atoms with Gasteiger partial charge in [0.05, 0.1) is 37.6 Å². The summed E-state index contributed by atoms with van der Waals surface area (Å²) in [5.74, 6) is 1.16. The molecule has 63 heavy (non-hydrogen) atoms. The molecule has 2 fully saturated rings. The summed E-state index contributed by atoms with van der Waals surface area (Å²) in [6, 6.07) is 5.15. The molecule has 7 atom stereocenters. The number of phenolic OH excluding ortho intramolecular Hbond substituents is 2. The van der Waals surface area contributed by atoms with Gasteiger partial charge < -0.3 is 38.6 Å². The standard InChI is InChI=1S/C48H56N4O10S/c1-7-9-10-11-12-13-35(54)62-43-26(4)44-45(61-24-60-44)37-32-22-59-47(56)48(29-20-34(57-5)33(53)19-27(29)14-15-50-48)23-63-46(38(37)43)40-39-36-28(17-25(3)42(58-6)41(36)55)18-30(51(39)16-8-2)31(21-49)52(32)40/h8,17,19-20,30-32,39-40,46,50,53,55H,2,7,9-16,18,22-24H2,1,3-6H3/t30-,31+,32-,39-,40?,46-,48-/m1/s1. The van der Waals surface area contributed by atoms with Crippen LogP contribution in [0, 0.1) is 25.2 Å². The fourth-order valence-corrected chi connectivity index (χ4v) is 13.0. The second-order valence-electron chi connectivity index (χ2n) is 17.5. The van der Waals surface area contributed by atoms with Crippen LogP contribution in [0.15, 0.2) is 30.9 Å². The van der Waals surface area contributed by atoms with Crippen molar-refractivity contribution in [3.05, 3.63) is 75.4 Å². The van der Waals surface area contributed by atoms with E-state index in [4.69, 9.17) is 28.4 Å². The Kier molecular flexibility index (Phi) is 11.7. The Morgan fingerprint density at radius 1 is 1.05 bits per heavy atom. The van der Waals surface area contributed by atoms with E-state index in [2.05, 4.69) is 40.8 Å². The van der Waals surface area contributed by atoms with Crippen LogP contribution >= 0.6 is 11.8 Å². The fraction of sp³-hybridized carbons (Fsp3) is 0.521. The van der Waals surface area contributed by atoms with E-state index in [0.717, 1.165) is 42.4 Å². The molecule has 0 saturated carbocycles. The number of aryl methyl sites for hydroxylation is 1. The molecule has 7 aliphatic heterocycles. The Morgan fingerprint density at radius 3 is 2.59 bits per heavy atom. The number of aromatic hydroxyl groups is 2. The minimum Gasteiger partial charge on any atom is -0.504 e. The van der Waals surface area contributed by atoms with Gasteiger partial charge in [-0.2, -0.15) is 5.26 Å². The van der Waals surface area contributed by atoms with Crippen molar-refractivity contribution in [2.45, 2.75) is 113 Å². The van der Waals surface area contributed by atoms with Crippen molar-refractivity contribution in [3.63, 3.8) is 0 Å². The number of piperazine rings is 1. The molecule has 1 unspecified atom stereocenters. The maximum absolute atomic E-state index is 15.0. The monoisotopic (exact) mass is 880 g/mol. The van der Waals surface area contributed by atoms with Gasteiger partial charge in [-0.15, -0.1) is 18.3 Å². The minimum atomic E-state index is -1.39. The van der Waals surface area contributed by atoms with Gasteiger partial charge in [-0.05, 0) is 67.5 Å². The number of ether oxygens (including phenoxy) is 6. The number of benzene rings is 3. The molecular weight excluding hydrogens is 825 g/mol. The number of unbranched alkanes of at least 4 members (excludes halogenated alkanes) is 4. The molecule has 334 valence electrons. The van der Waals surface area contributed by atoms with E-state index >= 15 is 0 Å². The van der Waals surface area contributed by atoms with Crippen molar-refractivity contribution >= 4 is 23.7 Å². The Bertz CT molecular complexity index is 2400. The molecule has 0 amide bonds. The zero-order valence-electron chi connectivity index (χ0n) is 36.6. The first kappa shape index (κ1) is 43.1. The average molecular weight is 881 g/mol. The highest BCUT2D eigenvalue weighted by molar-refractivity contribution is 7.99. The third-order valence-corrected chi connectivity index (χ3v) is 15.5. The molecule has 4 bridgehead atoms. The highest BCUT2D eigenvalue weighted by Gasteiger charge is 2.62. The molecule has 7 heterocycles. The van der Waals surface area contributed by atoms with Crippen LogP contribution in [0.3, 0.4) is 0 Å². The van der Waals surface area contributed by atoms with E-state index in [0.29, 0.717) is 83.2 Å². The van der Waals surface area contributed by atoms with Crippen molar-refractivity contribution in [1.29, 1.82) is 5.26 Å². The quantitative estimate of drug-likeness (QED) is 0.0787. The normalized spacial score (nSPS) is 26.7. The molecule has 14 nitrogen and oxygen atoms in total. The summed E-state index contributed by atoms with van der Waals surface area (Å²) >= 11 is 1.50. The third-order valence-electron chi connectivity index (χ3n) is 14.1. The van der Waals surface area contributed by atoms with Gasteiger partial charge in [0.15, 0.2) is 40.0 Å². The first-order valence-corrected chi connectivity index (χ1v) is 23.1. The lowest BCUT2D eigenvalue weighted by atomic mass is 9.71. The minimum absolute atomic E-state index is 0.0239. The Labute approximate surface area is 372 Å². The molecule has 7 aliphatic rings. The summed E-state index contributed by atoms with van der Waals surface area (Å²) < 4.78 is 37.1. The first-order valence-electron chi connectivity index (χ1n) is 22.1. The summed E-state index contributed by atoms with van der Waals surface area (Å²) in [6.45, 7) is 10.7. The van der Waals surface area contributed by atoms with E-state index < -0.39 is 40.9 Å². The molecule has 10 rings (SSSR count). The number of rotatable bonds is 11. The summed E-state index contributed by atoms with van der Waals surface area (Å²) in [7, 11) is 3.02. The zero-order valence-corrected chi connectivity index (χ0v) is 37.4. The first-order chi connectivity index (χ1) is 30.5. The highest BCUT2D eigenvalue weighted by atomic mass is 32.2. The number of nitrogens with one attached hydrogen (secondary N) is 1. The topological polar surface area (TPSA) is 172 Å². The number of carbonyl (C=O) groups is 2. The van der Waals surface area contributed by atoms with Gasteiger partial charge in [-0.25, -0.2) is 4.79 Å². The Morgan fingerprint density at radius 2 is 1.84 bits per heavy atom. The van der Waals surface area contributed by atoms with Gasteiger partial charge in [0.1, 0.15) is 18.4 Å². The predicted octanol–water partition coefficient (Wildman–Crippen LogP) is 6.88. The highest BCUT2D eigenvalue weighted by Crippen LogP contribution is 2.65. The van der Waals surface area contributed by atoms with Crippen LogP contribution in [0.25, 0.3) is 0 Å². The lowest BCUT2D eigenvalue weighted by Crippen LogP contribution is -2.70. The van der Waals surface area contributed by atoms with Crippen LogP contribution < -0.4 is 29.0 Å². The molecular formula is C48H56N4O10S. The number of methoxy groups -OCH3 is 2. The maximum atomic E-state index is 15.0. The number of thioether (sulfide) groups is 1. The maximum Gasteiger partial charge on any atom is 0.331 e. The number of nitriles is 1. The third kappa shape index (κ3) is 6.78. The van der Waals surface area contributed by atoms with Gasteiger partial charge in [0.2, 0.25) is 6.79 Å². The predicted molar refractivity (Wildman–Crippen MR) is 235 cm³/mol. The Balaban J connectivity index is 1.30. The lowest BCUT2D eigenvalue weighted by Gasteiger charge is -2.62. The summed E-state index contributed by atoms with van der Waals surface area (Å²) in [5, 5.41) is 37.6. The van der Waals surface area contributed by atoms with E-state index in [9.17, 15) is 25.1 Å². The molecule has 1 spiro atoms. The van der Waals surface area contributed by atoms with Gasteiger partial charge in [-0.1, -0.05) is 44.7 Å². The lowest BCUT2D eigenvalue weighted by molar-refractivity contribution is -0.157. The Hall–Kier alpha value is -5.14. The number of esters is 2. The van der Waals surface area contributed by atoms with Crippen LogP contribution in [-0.4, -0.2) is 96.5 Å². The van der Waals surface area contributed by atoms with E-state index in [-0.39, 0.29) is 54.8 Å². The summed E-state index contributed by atoms with van der Waals surface area (Å²) in [6.07, 6.45) is 7.89. The molecule has 0 aliphatic carbocycles. The van der Waals surface area contributed by atoms with Crippen LogP contribution in [0.2, 0.25) is 0 Å². The molecule has 3 aromatic carbocycles. The molecule has 0 aromatic heterocycles. The number of fused-ring (bicyclic) bond motifs is 9. The van der Waals surface area contributed by atoms with E-state index in [1.807, 2.05) is 19.9 Å². The van der Waals surface area contributed by atoms with Crippen molar-refractivity contribution in [2.24, 2.45) is 0 Å². The van der Waals surface area contributed by atoms with Gasteiger partial charge in [-0.3, -0.25) is 19.9 Å². The molecule has 3 aromatic rings. The second kappa shape index (κ2) is 17.1. The van der Waals surface area contributed by atoms with E-state index in [1.165, 1.54) is 18.9 Å². The largest absolute Gasteiger partial charge is 0.504 e. The van der Waals surface area contributed by atoms with Crippen LogP contribution in [0.1, 0.15) is 107 Å². The fourth-order valence-electron chi connectivity index (χ4n) is 11.3. The summed E-state index contributed by atoms with van der Waals surface area (Å²) in [4.78, 5) is 33.5. The smallest absolute Gasteiger partial charge is 0.331 e.